The first kappa shape index (κ1) is 18.4. The lowest BCUT2D eigenvalue weighted by Crippen LogP contribution is -2.28. The lowest BCUT2D eigenvalue weighted by atomic mass is 10.1. The van der Waals surface area contributed by atoms with E-state index in [9.17, 15) is 5.11 Å². The zero-order valence-corrected chi connectivity index (χ0v) is 16.5. The molecule has 4 atom stereocenters. The minimum Gasteiger partial charge on any atom is -0.396 e. The van der Waals surface area contributed by atoms with Crippen molar-refractivity contribution in [2.75, 3.05) is 12.4 Å². The number of rotatable bonds is 5. The molecule has 142 valence electrons. The molecule has 8 nitrogen and oxygen atoms in total. The summed E-state index contributed by atoms with van der Waals surface area (Å²) in [5.41, 5.74) is 1.08. The smallest absolute Gasteiger partial charge is 0.191 e. The first-order valence-corrected chi connectivity index (χ1v) is 10.2. The summed E-state index contributed by atoms with van der Waals surface area (Å²) in [5.74, 6) is 0.208. The van der Waals surface area contributed by atoms with E-state index in [1.807, 2.05) is 13.8 Å². The molecule has 2 aromatic rings. The van der Waals surface area contributed by atoms with Crippen molar-refractivity contribution in [2.24, 2.45) is 5.92 Å². The predicted molar refractivity (Wildman–Crippen MR) is 97.2 cm³/mol. The molecule has 1 saturated carbocycles. The molecule has 1 aliphatic heterocycles. The molecule has 2 aromatic heterocycles. The molecule has 4 rings (SSSR count). The summed E-state index contributed by atoms with van der Waals surface area (Å²) in [7, 11) is 0. The highest BCUT2D eigenvalue weighted by atomic mass is 35.5. The van der Waals surface area contributed by atoms with Crippen LogP contribution in [0.5, 0.6) is 0 Å². The van der Waals surface area contributed by atoms with Crippen molar-refractivity contribution in [3.8, 4) is 0 Å². The molecule has 0 bridgehead atoms. The molecule has 26 heavy (non-hydrogen) atoms. The molecule has 0 amide bonds. The van der Waals surface area contributed by atoms with Gasteiger partial charge in [0.05, 0.1) is 12.1 Å². The molecule has 1 N–H and O–H groups in total. The van der Waals surface area contributed by atoms with Gasteiger partial charge < -0.3 is 14.6 Å². The second kappa shape index (κ2) is 6.87. The van der Waals surface area contributed by atoms with Gasteiger partial charge in [-0.15, -0.1) is 5.10 Å². The summed E-state index contributed by atoms with van der Waals surface area (Å²) in [6.45, 7) is 5.91. The van der Waals surface area contributed by atoms with Gasteiger partial charge in [-0.05, 0) is 26.7 Å². The lowest BCUT2D eigenvalue weighted by molar-refractivity contribution is -0.162. The van der Waals surface area contributed by atoms with Crippen LogP contribution in [0.3, 0.4) is 0 Å². The summed E-state index contributed by atoms with van der Waals surface area (Å²) in [6.07, 6.45) is 1.31. The quantitative estimate of drug-likeness (QED) is 0.465. The summed E-state index contributed by atoms with van der Waals surface area (Å²) in [4.78, 5) is 8.93. The monoisotopic (exact) mass is 399 g/mol. The fraction of sp³-hybridized carbons (Fsp3) is 0.750. The van der Waals surface area contributed by atoms with E-state index in [0.29, 0.717) is 27.9 Å². The second-order valence-corrected chi connectivity index (χ2v) is 8.58. The number of nitrogens with zero attached hydrogens (tertiary/aromatic N) is 5. The van der Waals surface area contributed by atoms with Crippen LogP contribution >= 0.6 is 23.4 Å². The predicted octanol–water partition coefficient (Wildman–Crippen LogP) is 2.45. The number of ether oxygens (including phenoxy) is 2. The molecular weight excluding hydrogens is 378 g/mol. The van der Waals surface area contributed by atoms with Gasteiger partial charge in [0.2, 0.25) is 0 Å². The maximum atomic E-state index is 9.77. The SMILES string of the molecule is CCCSc1nc(Cl)c2nnn(C3CC(CO)C4OC(C)(C)OC43)c2n1. The average Bonchev–Trinajstić information content (AvgIpc) is 3.23. The van der Waals surface area contributed by atoms with Crippen molar-refractivity contribution in [2.45, 2.75) is 62.8 Å². The zero-order valence-electron chi connectivity index (χ0n) is 14.9. The van der Waals surface area contributed by atoms with E-state index in [-0.39, 0.29) is 30.8 Å². The fourth-order valence-corrected chi connectivity index (χ4v) is 4.68. The third kappa shape index (κ3) is 3.09. The van der Waals surface area contributed by atoms with Crippen LogP contribution in [0.1, 0.15) is 39.7 Å². The maximum Gasteiger partial charge on any atom is 0.191 e. The molecule has 2 fully saturated rings. The van der Waals surface area contributed by atoms with Crippen LogP contribution in [0.15, 0.2) is 5.16 Å². The van der Waals surface area contributed by atoms with Crippen LogP contribution < -0.4 is 0 Å². The van der Waals surface area contributed by atoms with E-state index in [1.165, 1.54) is 0 Å². The minimum atomic E-state index is -0.688. The average molecular weight is 400 g/mol. The van der Waals surface area contributed by atoms with Gasteiger partial charge in [-0.1, -0.05) is 35.5 Å². The van der Waals surface area contributed by atoms with Crippen molar-refractivity contribution < 1.29 is 14.6 Å². The number of thioether (sulfide) groups is 1. The van der Waals surface area contributed by atoms with Gasteiger partial charge in [0, 0.05) is 18.3 Å². The largest absolute Gasteiger partial charge is 0.396 e. The van der Waals surface area contributed by atoms with Crippen LogP contribution in [-0.4, -0.2) is 60.4 Å². The van der Waals surface area contributed by atoms with Crippen LogP contribution in [0, 0.1) is 5.92 Å². The Hall–Kier alpha value is -1.00. The molecule has 0 aromatic carbocycles. The van der Waals surface area contributed by atoms with Crippen LogP contribution in [0.2, 0.25) is 5.15 Å². The number of hydrogen-bond donors (Lipinski definition) is 1. The Morgan fingerprint density at radius 3 is 2.81 bits per heavy atom. The van der Waals surface area contributed by atoms with Gasteiger partial charge in [-0.25, -0.2) is 14.6 Å². The topological polar surface area (TPSA) is 95.2 Å². The van der Waals surface area contributed by atoms with Crippen molar-refractivity contribution in [3.05, 3.63) is 5.15 Å². The molecule has 0 spiro atoms. The second-order valence-electron chi connectivity index (χ2n) is 7.16. The van der Waals surface area contributed by atoms with Crippen molar-refractivity contribution in [1.82, 2.24) is 25.0 Å². The third-order valence-electron chi connectivity index (χ3n) is 4.80. The molecule has 0 radical (unpaired) electrons. The fourth-order valence-electron chi connectivity index (χ4n) is 3.74. The summed E-state index contributed by atoms with van der Waals surface area (Å²) in [5, 5.41) is 19.1. The van der Waals surface area contributed by atoms with Gasteiger partial charge in [0.25, 0.3) is 0 Å². The molecule has 1 saturated heterocycles. The summed E-state index contributed by atoms with van der Waals surface area (Å²) in [6, 6.07) is -0.126. The number of fused-ring (bicyclic) bond motifs is 2. The van der Waals surface area contributed by atoms with Crippen molar-refractivity contribution in [1.29, 1.82) is 0 Å². The Bertz CT molecular complexity index is 817. The Morgan fingerprint density at radius 1 is 1.31 bits per heavy atom. The number of hydrogen-bond acceptors (Lipinski definition) is 8. The van der Waals surface area contributed by atoms with E-state index in [4.69, 9.17) is 21.1 Å². The van der Waals surface area contributed by atoms with E-state index in [1.54, 1.807) is 16.4 Å². The standard InChI is InChI=1S/C16H22ClN5O3S/c1-4-5-26-15-18-13(17)10-14(19-15)22(21-20-10)9-6-8(7-23)11-12(9)25-16(2,3)24-11/h8-9,11-12,23H,4-7H2,1-3H3. The van der Waals surface area contributed by atoms with Gasteiger partial charge in [-0.2, -0.15) is 0 Å². The summed E-state index contributed by atoms with van der Waals surface area (Å²) >= 11 is 7.85. The van der Waals surface area contributed by atoms with Gasteiger partial charge >= 0.3 is 0 Å². The molecule has 3 heterocycles. The highest BCUT2D eigenvalue weighted by Crippen LogP contribution is 2.47. The van der Waals surface area contributed by atoms with Gasteiger partial charge in [0.1, 0.15) is 6.10 Å². The number of aliphatic hydroxyl groups excluding tert-OH is 1. The van der Waals surface area contributed by atoms with E-state index >= 15 is 0 Å². The molecule has 10 heteroatoms. The first-order chi connectivity index (χ1) is 12.4. The van der Waals surface area contributed by atoms with E-state index in [2.05, 4.69) is 27.2 Å². The van der Waals surface area contributed by atoms with E-state index in [0.717, 1.165) is 12.2 Å². The van der Waals surface area contributed by atoms with Crippen molar-refractivity contribution in [3.63, 3.8) is 0 Å². The Labute approximate surface area is 160 Å². The molecular formula is C16H22ClN5O3S. The first-order valence-electron chi connectivity index (χ1n) is 8.81. The van der Waals surface area contributed by atoms with Gasteiger partial charge in [0.15, 0.2) is 27.3 Å². The Kier molecular flexibility index (Phi) is 4.85. The number of halogens is 1. The third-order valence-corrected chi connectivity index (χ3v) is 6.11. The normalized spacial score (nSPS) is 30.2. The molecule has 1 aliphatic carbocycles. The van der Waals surface area contributed by atoms with Gasteiger partial charge in [-0.3, -0.25) is 0 Å². The molecule has 4 unspecified atom stereocenters. The van der Waals surface area contributed by atoms with Crippen LogP contribution in [0.25, 0.3) is 11.2 Å². The van der Waals surface area contributed by atoms with Crippen LogP contribution in [0.4, 0.5) is 0 Å². The molecule has 2 aliphatic rings. The van der Waals surface area contributed by atoms with Crippen LogP contribution in [-0.2, 0) is 9.47 Å². The zero-order chi connectivity index (χ0) is 18.5. The van der Waals surface area contributed by atoms with E-state index < -0.39 is 5.79 Å². The Balaban J connectivity index is 1.73. The Morgan fingerprint density at radius 2 is 2.08 bits per heavy atom. The highest BCUT2D eigenvalue weighted by molar-refractivity contribution is 7.99. The number of aromatic nitrogens is 5. The highest BCUT2D eigenvalue weighted by Gasteiger charge is 2.55. The number of aliphatic hydroxyl groups is 1. The van der Waals surface area contributed by atoms with Crippen molar-refractivity contribution >= 4 is 34.5 Å². The maximum absolute atomic E-state index is 9.77. The summed E-state index contributed by atoms with van der Waals surface area (Å²) < 4.78 is 13.9. The minimum absolute atomic E-state index is 0.0164. The lowest BCUT2D eigenvalue weighted by Gasteiger charge is -2.23.